The summed E-state index contributed by atoms with van der Waals surface area (Å²) in [7, 11) is 0. The van der Waals surface area contributed by atoms with Gasteiger partial charge in [0.05, 0.1) is 11.5 Å². The van der Waals surface area contributed by atoms with Gasteiger partial charge in [-0.05, 0) is 42.8 Å². The van der Waals surface area contributed by atoms with E-state index in [2.05, 4.69) is 0 Å². The van der Waals surface area contributed by atoms with Crippen LogP contribution in [-0.4, -0.2) is 54.4 Å². The van der Waals surface area contributed by atoms with Crippen molar-refractivity contribution < 1.29 is 14.3 Å². The van der Waals surface area contributed by atoms with Crippen LogP contribution in [0.3, 0.4) is 0 Å². The summed E-state index contributed by atoms with van der Waals surface area (Å²) in [6, 6.07) is 9.51. The number of thiophene rings is 1. The van der Waals surface area contributed by atoms with Crippen molar-refractivity contribution in [2.75, 3.05) is 32.8 Å². The molecule has 1 fully saturated rings. The fourth-order valence-corrected chi connectivity index (χ4v) is 4.16. The van der Waals surface area contributed by atoms with Crippen LogP contribution in [0.5, 0.6) is 5.75 Å². The molecule has 3 heterocycles. The number of hydrogen-bond donors (Lipinski definition) is 0. The number of carbonyl (C=O) groups excluding carboxylic acids is 2. The highest BCUT2D eigenvalue weighted by atomic mass is 32.1. The molecule has 0 atom stereocenters. The summed E-state index contributed by atoms with van der Waals surface area (Å²) >= 11 is 1.52. The van der Waals surface area contributed by atoms with Gasteiger partial charge in [0, 0.05) is 43.0 Å². The average Bonchev–Trinajstić information content (AvgIpc) is 3.28. The molecule has 0 bridgehead atoms. The topological polar surface area (TPSA) is 49.9 Å². The van der Waals surface area contributed by atoms with Crippen LogP contribution in [0.15, 0.2) is 30.3 Å². The maximum Gasteiger partial charge on any atom is 0.264 e. The summed E-state index contributed by atoms with van der Waals surface area (Å²) in [6.07, 6.45) is 0.860. The molecule has 2 amide bonds. The third-order valence-corrected chi connectivity index (χ3v) is 5.73. The summed E-state index contributed by atoms with van der Waals surface area (Å²) in [6.45, 7) is 4.99. The van der Waals surface area contributed by atoms with Crippen LogP contribution < -0.4 is 4.74 Å². The molecule has 1 aromatic carbocycles. The SMILES string of the molecule is Cc1ccc(C(=O)N2CCN(C(=O)c3ccc4c(c3)CCO4)CC2)s1. The van der Waals surface area contributed by atoms with Gasteiger partial charge in [0.25, 0.3) is 11.8 Å². The van der Waals surface area contributed by atoms with Crippen LogP contribution in [-0.2, 0) is 6.42 Å². The van der Waals surface area contributed by atoms with Gasteiger partial charge in [0.1, 0.15) is 5.75 Å². The second kappa shape index (κ2) is 6.52. The van der Waals surface area contributed by atoms with Crippen molar-refractivity contribution in [1.82, 2.24) is 9.80 Å². The molecular weight excluding hydrogens is 336 g/mol. The van der Waals surface area contributed by atoms with Crippen molar-refractivity contribution in [3.8, 4) is 5.75 Å². The van der Waals surface area contributed by atoms with Crippen molar-refractivity contribution in [3.05, 3.63) is 51.2 Å². The lowest BCUT2D eigenvalue weighted by Gasteiger charge is -2.34. The Morgan fingerprint density at radius 1 is 1.00 bits per heavy atom. The van der Waals surface area contributed by atoms with E-state index < -0.39 is 0 Å². The molecule has 0 unspecified atom stereocenters. The molecule has 2 aliphatic heterocycles. The van der Waals surface area contributed by atoms with Gasteiger partial charge >= 0.3 is 0 Å². The maximum atomic E-state index is 12.7. The number of rotatable bonds is 2. The summed E-state index contributed by atoms with van der Waals surface area (Å²) < 4.78 is 5.49. The first-order chi connectivity index (χ1) is 12.1. The second-order valence-electron chi connectivity index (χ2n) is 6.42. The van der Waals surface area contributed by atoms with Gasteiger partial charge in [0.15, 0.2) is 0 Å². The number of ether oxygens (including phenoxy) is 1. The molecule has 1 saturated heterocycles. The van der Waals surface area contributed by atoms with Crippen molar-refractivity contribution in [2.45, 2.75) is 13.3 Å². The Morgan fingerprint density at radius 2 is 1.72 bits per heavy atom. The molecule has 2 aliphatic rings. The van der Waals surface area contributed by atoms with E-state index >= 15 is 0 Å². The fraction of sp³-hybridized carbons (Fsp3) is 0.368. The Morgan fingerprint density at radius 3 is 2.40 bits per heavy atom. The van der Waals surface area contributed by atoms with Crippen molar-refractivity contribution in [3.63, 3.8) is 0 Å². The summed E-state index contributed by atoms with van der Waals surface area (Å²) in [5, 5.41) is 0. The molecule has 0 spiro atoms. The van der Waals surface area contributed by atoms with Crippen LogP contribution in [0.25, 0.3) is 0 Å². The van der Waals surface area contributed by atoms with E-state index in [1.807, 2.05) is 47.1 Å². The zero-order valence-corrected chi connectivity index (χ0v) is 15.0. The standard InChI is InChI=1S/C19H20N2O3S/c1-13-2-5-17(25-13)19(23)21-9-7-20(8-10-21)18(22)15-3-4-16-14(12-15)6-11-24-16/h2-5,12H,6-11H2,1H3. The molecular formula is C19H20N2O3S. The molecule has 0 N–H and O–H groups in total. The van der Waals surface area contributed by atoms with Crippen molar-refractivity contribution in [2.24, 2.45) is 0 Å². The predicted octanol–water partition coefficient (Wildman–Crippen LogP) is 2.59. The van der Waals surface area contributed by atoms with Crippen LogP contribution >= 0.6 is 11.3 Å². The zero-order valence-electron chi connectivity index (χ0n) is 14.2. The number of fused-ring (bicyclic) bond motifs is 1. The largest absolute Gasteiger partial charge is 0.493 e. The lowest BCUT2D eigenvalue weighted by molar-refractivity contribution is 0.0538. The van der Waals surface area contributed by atoms with Crippen molar-refractivity contribution >= 4 is 23.2 Å². The van der Waals surface area contributed by atoms with Crippen molar-refractivity contribution in [1.29, 1.82) is 0 Å². The average molecular weight is 356 g/mol. The number of carbonyl (C=O) groups is 2. The lowest BCUT2D eigenvalue weighted by Crippen LogP contribution is -2.50. The van der Waals surface area contributed by atoms with E-state index in [1.54, 1.807) is 0 Å². The highest BCUT2D eigenvalue weighted by Crippen LogP contribution is 2.26. The summed E-state index contributed by atoms with van der Waals surface area (Å²) in [5.74, 6) is 0.992. The van der Waals surface area contributed by atoms with Gasteiger partial charge in [-0.3, -0.25) is 9.59 Å². The van der Waals surface area contributed by atoms with Gasteiger partial charge in [0.2, 0.25) is 0 Å². The third-order valence-electron chi connectivity index (χ3n) is 4.74. The van der Waals surface area contributed by atoms with E-state index in [-0.39, 0.29) is 11.8 Å². The van der Waals surface area contributed by atoms with Crippen LogP contribution in [0, 0.1) is 6.92 Å². The van der Waals surface area contributed by atoms with E-state index in [0.717, 1.165) is 27.5 Å². The minimum absolute atomic E-state index is 0.0359. The molecule has 4 rings (SSSR count). The monoisotopic (exact) mass is 356 g/mol. The first-order valence-electron chi connectivity index (χ1n) is 8.52. The second-order valence-corrected chi connectivity index (χ2v) is 7.70. The van der Waals surface area contributed by atoms with Gasteiger partial charge in [-0.2, -0.15) is 0 Å². The normalized spacial score (nSPS) is 16.5. The number of hydrogen-bond acceptors (Lipinski definition) is 4. The highest BCUT2D eigenvalue weighted by Gasteiger charge is 2.26. The number of nitrogens with zero attached hydrogens (tertiary/aromatic N) is 2. The molecule has 1 aromatic heterocycles. The first kappa shape index (κ1) is 16.1. The molecule has 0 radical (unpaired) electrons. The number of amides is 2. The Bertz CT molecular complexity index is 822. The zero-order chi connectivity index (χ0) is 17.4. The van der Waals surface area contributed by atoms with Crippen LogP contribution in [0.1, 0.15) is 30.5 Å². The van der Waals surface area contributed by atoms with Gasteiger partial charge < -0.3 is 14.5 Å². The number of piperazine rings is 1. The molecule has 6 heteroatoms. The van der Waals surface area contributed by atoms with E-state index in [4.69, 9.17) is 4.74 Å². The van der Waals surface area contributed by atoms with E-state index in [0.29, 0.717) is 38.3 Å². The summed E-state index contributed by atoms with van der Waals surface area (Å²) in [5.41, 5.74) is 1.81. The van der Waals surface area contributed by atoms with Gasteiger partial charge in [-0.25, -0.2) is 0 Å². The van der Waals surface area contributed by atoms with Gasteiger partial charge in [-0.15, -0.1) is 11.3 Å². The molecule has 0 saturated carbocycles. The lowest BCUT2D eigenvalue weighted by atomic mass is 10.1. The van der Waals surface area contributed by atoms with E-state index in [9.17, 15) is 9.59 Å². The van der Waals surface area contributed by atoms with Crippen LogP contribution in [0.2, 0.25) is 0 Å². The molecule has 130 valence electrons. The minimum atomic E-state index is 0.0359. The highest BCUT2D eigenvalue weighted by molar-refractivity contribution is 7.13. The predicted molar refractivity (Wildman–Crippen MR) is 96.5 cm³/mol. The first-order valence-corrected chi connectivity index (χ1v) is 9.34. The Hall–Kier alpha value is -2.34. The molecule has 2 aromatic rings. The third kappa shape index (κ3) is 3.14. The maximum absolute atomic E-state index is 12.7. The Labute approximate surface area is 150 Å². The Kier molecular flexibility index (Phi) is 4.21. The minimum Gasteiger partial charge on any atom is -0.493 e. The smallest absolute Gasteiger partial charge is 0.264 e. The Balaban J connectivity index is 1.40. The quantitative estimate of drug-likeness (QED) is 0.831. The number of aryl methyl sites for hydroxylation is 1. The molecule has 25 heavy (non-hydrogen) atoms. The molecule has 0 aliphatic carbocycles. The summed E-state index contributed by atoms with van der Waals surface area (Å²) in [4.78, 5) is 30.8. The van der Waals surface area contributed by atoms with Crippen LogP contribution in [0.4, 0.5) is 0 Å². The van der Waals surface area contributed by atoms with E-state index in [1.165, 1.54) is 11.3 Å². The number of benzene rings is 1. The van der Waals surface area contributed by atoms with Gasteiger partial charge in [-0.1, -0.05) is 0 Å². The molecule has 5 nitrogen and oxygen atoms in total. The fourth-order valence-electron chi connectivity index (χ4n) is 3.32.